The molecule has 1 saturated heterocycles. The number of fused-ring (bicyclic) bond motifs is 2. The van der Waals surface area contributed by atoms with Crippen LogP contribution in [0.25, 0.3) is 27.6 Å². The largest absolute Gasteiger partial charge is 0.497 e. The molecule has 11 nitrogen and oxygen atoms in total. The Morgan fingerprint density at radius 2 is 1.67 bits per heavy atom. The van der Waals surface area contributed by atoms with Gasteiger partial charge in [0.05, 0.1) is 31.7 Å². The number of aromatic nitrogens is 3. The van der Waals surface area contributed by atoms with E-state index in [-0.39, 0.29) is 22.4 Å². The summed E-state index contributed by atoms with van der Waals surface area (Å²) in [6.07, 6.45) is 9.28. The molecule has 3 aromatic heterocycles. The maximum absolute atomic E-state index is 15.5. The van der Waals surface area contributed by atoms with Crippen LogP contribution in [0.2, 0.25) is 0 Å². The monoisotopic (exact) mass is 703 g/mol. The van der Waals surface area contributed by atoms with Gasteiger partial charge in [0, 0.05) is 54.0 Å². The number of amides is 1. The molecule has 52 heavy (non-hydrogen) atoms. The first-order chi connectivity index (χ1) is 25.4. The third-order valence-corrected chi connectivity index (χ3v) is 9.08. The molecule has 0 atom stereocenters. The van der Waals surface area contributed by atoms with Crippen molar-refractivity contribution in [3.8, 4) is 34.4 Å². The highest BCUT2D eigenvalue weighted by Gasteiger charge is 2.19. The predicted molar refractivity (Wildman–Crippen MR) is 197 cm³/mol. The molecule has 1 aliphatic heterocycles. The Kier molecular flexibility index (Phi) is 10.3. The van der Waals surface area contributed by atoms with Gasteiger partial charge in [-0.05, 0) is 93.0 Å². The van der Waals surface area contributed by atoms with Crippen LogP contribution in [-0.4, -0.2) is 65.8 Å². The number of ether oxygens (including phenoxy) is 4. The van der Waals surface area contributed by atoms with Gasteiger partial charge in [0.25, 0.3) is 5.91 Å². The standard InChI is InChI=1S/C40H38FN5O6/c1-49-28-12-10-27(11-13-28)46-25-31(38(47)29-8-6-16-43-39(29)46)40(48)44-26-9-14-35(32(41)22-26)52-34-15-17-42-33-24-37(36(50-2)23-30(33)34)51-21-7-20-45-18-4-3-5-19-45/h6,8-17,22-25H,3-5,7,18-21H2,1-2H3,(H,44,48). The van der Waals surface area contributed by atoms with Crippen molar-refractivity contribution in [2.24, 2.45) is 0 Å². The molecule has 4 heterocycles. The number of nitrogens with one attached hydrogen (secondary N) is 1. The molecular weight excluding hydrogens is 665 g/mol. The minimum atomic E-state index is -0.721. The Balaban J connectivity index is 1.08. The Hall–Kier alpha value is -6.01. The van der Waals surface area contributed by atoms with E-state index in [9.17, 15) is 9.59 Å². The topological polar surface area (TPSA) is 117 Å². The molecule has 266 valence electrons. The van der Waals surface area contributed by atoms with Crippen molar-refractivity contribution in [3.05, 3.63) is 113 Å². The maximum atomic E-state index is 15.5. The van der Waals surface area contributed by atoms with Crippen molar-refractivity contribution in [1.82, 2.24) is 19.4 Å². The molecule has 1 aliphatic rings. The Bertz CT molecular complexity index is 2290. The molecule has 12 heteroatoms. The second kappa shape index (κ2) is 15.5. The molecule has 0 radical (unpaired) electrons. The van der Waals surface area contributed by atoms with E-state index in [1.165, 1.54) is 37.6 Å². The lowest BCUT2D eigenvalue weighted by atomic mass is 10.1. The van der Waals surface area contributed by atoms with Crippen LogP contribution in [-0.2, 0) is 0 Å². The van der Waals surface area contributed by atoms with Crippen LogP contribution in [0.3, 0.4) is 0 Å². The number of benzene rings is 3. The first kappa shape index (κ1) is 34.4. The summed E-state index contributed by atoms with van der Waals surface area (Å²) < 4.78 is 40.2. The number of carbonyl (C=O) groups excluding carboxylic acids is 1. The van der Waals surface area contributed by atoms with E-state index in [2.05, 4.69) is 20.2 Å². The summed E-state index contributed by atoms with van der Waals surface area (Å²) in [6.45, 7) is 3.81. The number of halogens is 1. The number of hydrogen-bond donors (Lipinski definition) is 1. The van der Waals surface area contributed by atoms with Crippen molar-refractivity contribution in [3.63, 3.8) is 0 Å². The second-order valence-electron chi connectivity index (χ2n) is 12.4. The van der Waals surface area contributed by atoms with E-state index in [0.717, 1.165) is 32.1 Å². The smallest absolute Gasteiger partial charge is 0.261 e. The summed E-state index contributed by atoms with van der Waals surface area (Å²) in [5.74, 6) is 0.602. The number of anilines is 1. The van der Waals surface area contributed by atoms with Crippen LogP contribution >= 0.6 is 0 Å². The van der Waals surface area contributed by atoms with Gasteiger partial charge in [-0.1, -0.05) is 6.42 Å². The molecule has 6 aromatic rings. The number of carbonyl (C=O) groups is 1. The number of methoxy groups -OCH3 is 2. The molecule has 1 fully saturated rings. The fourth-order valence-corrected chi connectivity index (χ4v) is 6.38. The third kappa shape index (κ3) is 7.38. The van der Waals surface area contributed by atoms with Crippen LogP contribution < -0.4 is 29.7 Å². The molecule has 0 spiro atoms. The van der Waals surface area contributed by atoms with E-state index < -0.39 is 17.2 Å². The van der Waals surface area contributed by atoms with Crippen molar-refractivity contribution < 1.29 is 28.1 Å². The molecule has 7 rings (SSSR count). The number of hydrogen-bond acceptors (Lipinski definition) is 9. The van der Waals surface area contributed by atoms with Crippen molar-refractivity contribution in [2.45, 2.75) is 25.7 Å². The summed E-state index contributed by atoms with van der Waals surface area (Å²) in [5.41, 5.74) is 1.14. The highest BCUT2D eigenvalue weighted by Crippen LogP contribution is 2.38. The lowest BCUT2D eigenvalue weighted by Gasteiger charge is -2.26. The van der Waals surface area contributed by atoms with Gasteiger partial charge < -0.3 is 33.7 Å². The van der Waals surface area contributed by atoms with Crippen molar-refractivity contribution >= 4 is 33.5 Å². The SMILES string of the molecule is COc1ccc(-n2cc(C(=O)Nc3ccc(Oc4ccnc5cc(OCCCN6CCCCC6)c(OC)cc45)c(F)c3)c(=O)c3cccnc32)cc1. The van der Waals surface area contributed by atoms with Crippen LogP contribution in [0.15, 0.2) is 96.2 Å². The Morgan fingerprint density at radius 3 is 2.44 bits per heavy atom. The Morgan fingerprint density at radius 1 is 0.846 bits per heavy atom. The lowest BCUT2D eigenvalue weighted by Crippen LogP contribution is -2.31. The number of likely N-dealkylation sites (tertiary alicyclic amines) is 1. The number of rotatable bonds is 12. The first-order valence-corrected chi connectivity index (χ1v) is 17.2. The summed E-state index contributed by atoms with van der Waals surface area (Å²) in [7, 11) is 3.13. The molecule has 0 unspecified atom stereocenters. The molecule has 1 amide bonds. The summed E-state index contributed by atoms with van der Waals surface area (Å²) in [4.78, 5) is 38.2. The Labute approximate surface area is 299 Å². The van der Waals surface area contributed by atoms with Crippen LogP contribution in [0.4, 0.5) is 10.1 Å². The number of pyridine rings is 3. The van der Waals surface area contributed by atoms with Gasteiger partial charge in [-0.2, -0.15) is 0 Å². The van der Waals surface area contributed by atoms with E-state index in [0.29, 0.717) is 51.8 Å². The van der Waals surface area contributed by atoms with Gasteiger partial charge in [-0.25, -0.2) is 9.37 Å². The van der Waals surface area contributed by atoms with E-state index in [1.54, 1.807) is 85.8 Å². The van der Waals surface area contributed by atoms with Crippen LogP contribution in [0.1, 0.15) is 36.0 Å². The van der Waals surface area contributed by atoms with Gasteiger partial charge >= 0.3 is 0 Å². The van der Waals surface area contributed by atoms with Crippen LogP contribution in [0.5, 0.6) is 28.7 Å². The normalized spacial score (nSPS) is 13.2. The van der Waals surface area contributed by atoms with E-state index in [4.69, 9.17) is 18.9 Å². The van der Waals surface area contributed by atoms with Crippen molar-refractivity contribution in [2.75, 3.05) is 45.8 Å². The minimum absolute atomic E-state index is 0.0684. The van der Waals surface area contributed by atoms with Gasteiger partial charge in [0.2, 0.25) is 5.43 Å². The summed E-state index contributed by atoms with van der Waals surface area (Å²) in [6, 6.07) is 19.6. The maximum Gasteiger partial charge on any atom is 0.261 e. The molecule has 0 saturated carbocycles. The van der Waals surface area contributed by atoms with Crippen LogP contribution in [0, 0.1) is 5.82 Å². The lowest BCUT2D eigenvalue weighted by molar-refractivity contribution is 0.102. The zero-order valence-corrected chi connectivity index (χ0v) is 28.9. The zero-order valence-electron chi connectivity index (χ0n) is 28.9. The third-order valence-electron chi connectivity index (χ3n) is 9.08. The second-order valence-corrected chi connectivity index (χ2v) is 12.4. The fourth-order valence-electron chi connectivity index (χ4n) is 6.38. The molecule has 0 aliphatic carbocycles. The quantitative estimate of drug-likeness (QED) is 0.130. The minimum Gasteiger partial charge on any atom is -0.497 e. The summed E-state index contributed by atoms with van der Waals surface area (Å²) in [5, 5.41) is 3.52. The summed E-state index contributed by atoms with van der Waals surface area (Å²) >= 11 is 0. The predicted octanol–water partition coefficient (Wildman–Crippen LogP) is 7.39. The van der Waals surface area contributed by atoms with E-state index in [1.807, 2.05) is 0 Å². The van der Waals surface area contributed by atoms with Crippen molar-refractivity contribution in [1.29, 1.82) is 0 Å². The molecule has 0 bridgehead atoms. The molecule has 1 N–H and O–H groups in total. The molecular formula is C40H38FN5O6. The van der Waals surface area contributed by atoms with Gasteiger partial charge in [0.15, 0.2) is 23.1 Å². The van der Waals surface area contributed by atoms with Gasteiger partial charge in [0.1, 0.15) is 22.7 Å². The highest BCUT2D eigenvalue weighted by atomic mass is 19.1. The number of nitrogens with zero attached hydrogens (tertiary/aromatic N) is 4. The van der Waals surface area contributed by atoms with E-state index >= 15 is 4.39 Å². The molecule has 3 aromatic carbocycles. The average Bonchev–Trinajstić information content (AvgIpc) is 3.18. The number of piperidine rings is 1. The highest BCUT2D eigenvalue weighted by molar-refractivity contribution is 6.05. The van der Waals surface area contributed by atoms with Gasteiger partial charge in [-0.3, -0.25) is 14.6 Å². The van der Waals surface area contributed by atoms with Gasteiger partial charge in [-0.15, -0.1) is 0 Å². The fraction of sp³-hybridized carbons (Fsp3) is 0.250. The average molecular weight is 704 g/mol. The first-order valence-electron chi connectivity index (χ1n) is 17.2. The zero-order chi connectivity index (χ0) is 36.0.